The molecule has 1 amide bonds. The molecule has 0 bridgehead atoms. The van der Waals surface area contributed by atoms with Crippen molar-refractivity contribution in [1.29, 1.82) is 0 Å². The molecule has 1 aliphatic rings. The summed E-state index contributed by atoms with van der Waals surface area (Å²) in [6, 6.07) is 13.2. The van der Waals surface area contributed by atoms with Crippen LogP contribution in [0.5, 0.6) is 11.5 Å². The number of benzene rings is 2. The number of carbonyl (C=O) groups is 1. The minimum atomic E-state index is -0.321. The number of aryl methyl sites for hydroxylation is 1. The van der Waals surface area contributed by atoms with E-state index in [0.29, 0.717) is 30.3 Å². The van der Waals surface area contributed by atoms with Crippen LogP contribution in [0.1, 0.15) is 28.4 Å². The molecule has 2 aromatic rings. The van der Waals surface area contributed by atoms with Gasteiger partial charge in [-0.3, -0.25) is 4.79 Å². The number of hydrazone groups is 1. The van der Waals surface area contributed by atoms with Gasteiger partial charge in [0.25, 0.3) is 5.91 Å². The summed E-state index contributed by atoms with van der Waals surface area (Å²) in [5, 5.41) is 4.17. The summed E-state index contributed by atoms with van der Waals surface area (Å²) in [7, 11) is 0. The maximum absolute atomic E-state index is 12.4. The van der Waals surface area contributed by atoms with Gasteiger partial charge < -0.3 is 9.47 Å². The largest absolute Gasteiger partial charge is 0.486 e. The Morgan fingerprint density at radius 1 is 1.09 bits per heavy atom. The Morgan fingerprint density at radius 3 is 2.61 bits per heavy atom. The van der Waals surface area contributed by atoms with Crippen LogP contribution < -0.4 is 14.9 Å². The zero-order chi connectivity index (χ0) is 16.2. The van der Waals surface area contributed by atoms with Gasteiger partial charge in [0.2, 0.25) is 0 Å². The molecule has 0 aliphatic carbocycles. The van der Waals surface area contributed by atoms with Gasteiger partial charge in [0, 0.05) is 0 Å². The predicted molar refractivity (Wildman–Crippen MR) is 88.3 cm³/mol. The van der Waals surface area contributed by atoms with Gasteiger partial charge in [-0.25, -0.2) is 5.43 Å². The highest BCUT2D eigenvalue weighted by atomic mass is 16.6. The van der Waals surface area contributed by atoms with E-state index in [1.54, 1.807) is 18.2 Å². The molecule has 0 saturated carbocycles. The number of ether oxygens (including phenoxy) is 2. The first kappa shape index (κ1) is 15.1. The summed E-state index contributed by atoms with van der Waals surface area (Å²) in [5.41, 5.74) is 5.87. The van der Waals surface area contributed by atoms with Crippen LogP contribution in [-0.2, 0) is 0 Å². The van der Waals surface area contributed by atoms with Crippen LogP contribution in [0, 0.1) is 6.92 Å². The molecule has 5 nitrogen and oxygen atoms in total. The van der Waals surface area contributed by atoms with Crippen LogP contribution in [0.15, 0.2) is 47.6 Å². The van der Waals surface area contributed by atoms with Gasteiger partial charge in [-0.1, -0.05) is 35.9 Å². The molecule has 23 heavy (non-hydrogen) atoms. The van der Waals surface area contributed by atoms with Crippen molar-refractivity contribution in [3.8, 4) is 11.5 Å². The molecule has 3 rings (SSSR count). The van der Waals surface area contributed by atoms with E-state index in [1.807, 2.05) is 38.1 Å². The highest BCUT2D eigenvalue weighted by Crippen LogP contribution is 2.33. The molecule has 0 spiro atoms. The number of hydrogen-bond donors (Lipinski definition) is 1. The minimum Gasteiger partial charge on any atom is -0.486 e. The van der Waals surface area contributed by atoms with E-state index in [1.165, 1.54) is 5.56 Å². The number of para-hydroxylation sites is 1. The Labute approximate surface area is 134 Å². The number of amides is 1. The summed E-state index contributed by atoms with van der Waals surface area (Å²) in [6.07, 6.45) is 0. The van der Waals surface area contributed by atoms with Crippen LogP contribution >= 0.6 is 0 Å². The van der Waals surface area contributed by atoms with Gasteiger partial charge in [-0.15, -0.1) is 0 Å². The maximum Gasteiger partial charge on any atom is 0.275 e. The van der Waals surface area contributed by atoms with Crippen LogP contribution in [0.3, 0.4) is 0 Å². The van der Waals surface area contributed by atoms with Crippen molar-refractivity contribution in [2.24, 2.45) is 5.10 Å². The van der Waals surface area contributed by atoms with Crippen molar-refractivity contribution in [1.82, 2.24) is 5.43 Å². The second kappa shape index (κ2) is 6.52. The fraction of sp³-hybridized carbons (Fsp3) is 0.222. The molecular weight excluding hydrogens is 292 g/mol. The third-order valence-electron chi connectivity index (χ3n) is 3.61. The lowest BCUT2D eigenvalue weighted by molar-refractivity contribution is 0.0943. The monoisotopic (exact) mass is 310 g/mol. The van der Waals surface area contributed by atoms with Crippen molar-refractivity contribution in [3.63, 3.8) is 0 Å². The zero-order valence-electron chi connectivity index (χ0n) is 13.1. The van der Waals surface area contributed by atoms with Crippen molar-refractivity contribution in [2.75, 3.05) is 13.2 Å². The highest BCUT2D eigenvalue weighted by Gasteiger charge is 2.20. The maximum atomic E-state index is 12.4. The first-order valence-corrected chi connectivity index (χ1v) is 7.45. The van der Waals surface area contributed by atoms with Gasteiger partial charge in [0.15, 0.2) is 11.5 Å². The summed E-state index contributed by atoms with van der Waals surface area (Å²) in [5.74, 6) is 0.737. The third-order valence-corrected chi connectivity index (χ3v) is 3.61. The first-order valence-electron chi connectivity index (χ1n) is 7.45. The van der Waals surface area contributed by atoms with Gasteiger partial charge >= 0.3 is 0 Å². The molecule has 118 valence electrons. The number of hydrogen-bond acceptors (Lipinski definition) is 4. The Morgan fingerprint density at radius 2 is 1.83 bits per heavy atom. The van der Waals surface area contributed by atoms with E-state index < -0.39 is 0 Å². The number of rotatable bonds is 3. The number of fused-ring (bicyclic) bond motifs is 1. The molecule has 0 aromatic heterocycles. The Kier molecular flexibility index (Phi) is 4.28. The van der Waals surface area contributed by atoms with Crippen LogP contribution in [-0.4, -0.2) is 24.8 Å². The number of nitrogens with zero attached hydrogens (tertiary/aromatic N) is 1. The predicted octanol–water partition coefficient (Wildman–Crippen LogP) is 2.92. The molecule has 1 aliphatic heterocycles. The third kappa shape index (κ3) is 3.34. The Hall–Kier alpha value is -2.82. The van der Waals surface area contributed by atoms with Crippen molar-refractivity contribution < 1.29 is 14.3 Å². The fourth-order valence-corrected chi connectivity index (χ4v) is 2.31. The second-order valence-corrected chi connectivity index (χ2v) is 5.33. The summed E-state index contributed by atoms with van der Waals surface area (Å²) in [4.78, 5) is 12.4. The molecule has 1 heterocycles. The van der Waals surface area contributed by atoms with Crippen molar-refractivity contribution in [3.05, 3.63) is 59.2 Å². The van der Waals surface area contributed by atoms with Crippen LogP contribution in [0.2, 0.25) is 0 Å². The number of carbonyl (C=O) groups excluding carboxylic acids is 1. The van der Waals surface area contributed by atoms with E-state index in [9.17, 15) is 4.79 Å². The average Bonchev–Trinajstić information content (AvgIpc) is 2.59. The molecule has 0 unspecified atom stereocenters. The van der Waals surface area contributed by atoms with E-state index in [0.717, 1.165) is 11.3 Å². The van der Waals surface area contributed by atoms with Gasteiger partial charge in [-0.2, -0.15) is 5.10 Å². The minimum absolute atomic E-state index is 0.321. The zero-order valence-corrected chi connectivity index (χ0v) is 13.1. The highest BCUT2D eigenvalue weighted by molar-refractivity contribution is 6.02. The van der Waals surface area contributed by atoms with Crippen LogP contribution in [0.4, 0.5) is 0 Å². The van der Waals surface area contributed by atoms with Gasteiger partial charge in [0.1, 0.15) is 13.2 Å². The molecular formula is C18H18N2O3. The van der Waals surface area contributed by atoms with Gasteiger partial charge in [-0.05, 0) is 31.5 Å². The summed E-state index contributed by atoms with van der Waals surface area (Å²) in [6.45, 7) is 4.80. The SMILES string of the molecule is C/C(=N\NC(=O)c1cccc2c1OCCO2)c1ccc(C)cc1. The quantitative estimate of drug-likeness (QED) is 0.700. The van der Waals surface area contributed by atoms with Crippen molar-refractivity contribution >= 4 is 11.6 Å². The molecule has 0 saturated heterocycles. The molecule has 0 atom stereocenters. The summed E-state index contributed by atoms with van der Waals surface area (Å²) < 4.78 is 11.0. The normalized spacial score (nSPS) is 13.6. The lowest BCUT2D eigenvalue weighted by Crippen LogP contribution is -2.23. The molecule has 0 fully saturated rings. The van der Waals surface area contributed by atoms with E-state index in [-0.39, 0.29) is 5.91 Å². The smallest absolute Gasteiger partial charge is 0.275 e. The lowest BCUT2D eigenvalue weighted by atomic mass is 10.1. The molecule has 2 aromatic carbocycles. The first-order chi connectivity index (χ1) is 11.1. The molecule has 1 N–H and O–H groups in total. The van der Waals surface area contributed by atoms with Crippen LogP contribution in [0.25, 0.3) is 0 Å². The average molecular weight is 310 g/mol. The van der Waals surface area contributed by atoms with Gasteiger partial charge in [0.05, 0.1) is 11.3 Å². The lowest BCUT2D eigenvalue weighted by Gasteiger charge is -2.20. The van der Waals surface area contributed by atoms with E-state index in [4.69, 9.17) is 9.47 Å². The Bertz CT molecular complexity index is 751. The fourth-order valence-electron chi connectivity index (χ4n) is 2.31. The Balaban J connectivity index is 1.77. The van der Waals surface area contributed by atoms with E-state index in [2.05, 4.69) is 10.5 Å². The summed E-state index contributed by atoms with van der Waals surface area (Å²) >= 11 is 0. The standard InChI is InChI=1S/C18H18N2O3/c1-12-6-8-14(9-7-12)13(2)19-20-18(21)15-4-3-5-16-17(15)23-11-10-22-16/h3-9H,10-11H2,1-2H3,(H,20,21)/b19-13+. The topological polar surface area (TPSA) is 59.9 Å². The molecule has 5 heteroatoms. The van der Waals surface area contributed by atoms with E-state index >= 15 is 0 Å². The van der Waals surface area contributed by atoms with Crippen molar-refractivity contribution in [2.45, 2.75) is 13.8 Å². The molecule has 0 radical (unpaired) electrons. The number of nitrogens with one attached hydrogen (secondary N) is 1. The second-order valence-electron chi connectivity index (χ2n) is 5.33.